The topological polar surface area (TPSA) is 134 Å². The number of rotatable bonds is 6. The van der Waals surface area contributed by atoms with E-state index in [1.54, 1.807) is 25.1 Å². The smallest absolute Gasteiger partial charge is 0.306 e. The molecule has 0 unspecified atom stereocenters. The molecule has 0 saturated heterocycles. The zero-order chi connectivity index (χ0) is 25.2. The summed E-state index contributed by atoms with van der Waals surface area (Å²) in [5.74, 6) is -2.62. The molecule has 0 aromatic heterocycles. The van der Waals surface area contributed by atoms with Gasteiger partial charge in [-0.25, -0.2) is 0 Å². The van der Waals surface area contributed by atoms with Crippen LogP contribution in [-0.4, -0.2) is 54.1 Å². The molecule has 3 rings (SSSR count). The second kappa shape index (κ2) is 12.7. The fourth-order valence-electron chi connectivity index (χ4n) is 3.68. The molecule has 2 aromatic rings. The maximum absolute atomic E-state index is 13.0. The SMILES string of the molecule is C[C@@H](CO)NC(=O)C[C@H]1CC=CCCC(=O)OC[C@@H](C(=O)Nc2ccc3ccccc3c2)NC1=O. The highest BCUT2D eigenvalue weighted by Crippen LogP contribution is 2.19. The number of fused-ring (bicyclic) bond motifs is 1. The summed E-state index contributed by atoms with van der Waals surface area (Å²) >= 11 is 0. The summed E-state index contributed by atoms with van der Waals surface area (Å²) in [4.78, 5) is 50.5. The van der Waals surface area contributed by atoms with Crippen molar-refractivity contribution in [3.63, 3.8) is 0 Å². The Labute approximate surface area is 203 Å². The Hall–Kier alpha value is -3.72. The lowest BCUT2D eigenvalue weighted by atomic mass is 9.98. The van der Waals surface area contributed by atoms with Crippen LogP contribution in [0.4, 0.5) is 5.69 Å². The molecular weight excluding hydrogens is 450 g/mol. The predicted octanol–water partition coefficient (Wildman–Crippen LogP) is 2.05. The molecule has 4 N–H and O–H groups in total. The van der Waals surface area contributed by atoms with Crippen molar-refractivity contribution in [2.24, 2.45) is 5.92 Å². The molecule has 2 aromatic carbocycles. The Balaban J connectivity index is 1.75. The second-order valence-corrected chi connectivity index (χ2v) is 8.59. The Morgan fingerprint density at radius 1 is 1.14 bits per heavy atom. The van der Waals surface area contributed by atoms with Crippen molar-refractivity contribution >= 4 is 40.2 Å². The van der Waals surface area contributed by atoms with Gasteiger partial charge in [-0.1, -0.05) is 42.5 Å². The fraction of sp³-hybridized carbons (Fsp3) is 0.385. The first-order chi connectivity index (χ1) is 16.9. The fourth-order valence-corrected chi connectivity index (χ4v) is 3.68. The number of benzene rings is 2. The van der Waals surface area contributed by atoms with Crippen molar-refractivity contribution in [1.82, 2.24) is 10.6 Å². The van der Waals surface area contributed by atoms with Crippen molar-refractivity contribution in [3.05, 3.63) is 54.6 Å². The largest absolute Gasteiger partial charge is 0.463 e. The molecule has 3 amide bonds. The summed E-state index contributed by atoms with van der Waals surface area (Å²) in [6, 6.07) is 11.6. The van der Waals surface area contributed by atoms with E-state index in [9.17, 15) is 19.2 Å². The van der Waals surface area contributed by atoms with Crippen LogP contribution in [0, 0.1) is 5.92 Å². The van der Waals surface area contributed by atoms with E-state index in [1.807, 2.05) is 36.4 Å². The minimum Gasteiger partial charge on any atom is -0.463 e. The lowest BCUT2D eigenvalue weighted by molar-refractivity contribution is -0.146. The first-order valence-corrected chi connectivity index (χ1v) is 11.7. The van der Waals surface area contributed by atoms with Crippen LogP contribution in [0.5, 0.6) is 0 Å². The third kappa shape index (κ3) is 7.92. The summed E-state index contributed by atoms with van der Waals surface area (Å²) in [5.41, 5.74) is 0.539. The lowest BCUT2D eigenvalue weighted by Gasteiger charge is -2.22. The molecule has 0 bridgehead atoms. The first-order valence-electron chi connectivity index (χ1n) is 11.7. The number of aliphatic hydroxyl groups excluding tert-OH is 1. The van der Waals surface area contributed by atoms with E-state index in [0.717, 1.165) is 10.8 Å². The molecule has 35 heavy (non-hydrogen) atoms. The number of hydrogen-bond donors (Lipinski definition) is 4. The number of allylic oxidation sites excluding steroid dienone is 2. The molecule has 0 radical (unpaired) electrons. The van der Waals surface area contributed by atoms with Crippen molar-refractivity contribution in [3.8, 4) is 0 Å². The predicted molar refractivity (Wildman–Crippen MR) is 131 cm³/mol. The third-order valence-electron chi connectivity index (χ3n) is 5.65. The molecule has 9 nitrogen and oxygen atoms in total. The quantitative estimate of drug-likeness (QED) is 0.369. The van der Waals surface area contributed by atoms with E-state index in [0.29, 0.717) is 12.1 Å². The molecule has 0 aliphatic carbocycles. The molecule has 0 saturated carbocycles. The lowest BCUT2D eigenvalue weighted by Crippen LogP contribution is -2.49. The van der Waals surface area contributed by atoms with Crippen LogP contribution in [0.15, 0.2) is 54.6 Å². The standard InChI is InChI=1S/C26H31N3O6/c1-17(15-30)27-23(31)14-20-9-3-2-4-10-24(32)35-16-22(29-25(20)33)26(34)28-21-12-11-18-7-5-6-8-19(18)13-21/h2-3,5-8,11-13,17,20,22,30H,4,9-10,14-16H2,1H3,(H,27,31)(H,28,34)(H,29,33)/t17-,20+,22-/m0/s1. The maximum atomic E-state index is 13.0. The van der Waals surface area contributed by atoms with Crippen LogP contribution in [-0.2, 0) is 23.9 Å². The van der Waals surface area contributed by atoms with Crippen molar-refractivity contribution in [2.45, 2.75) is 44.7 Å². The van der Waals surface area contributed by atoms with E-state index in [2.05, 4.69) is 16.0 Å². The molecule has 1 aliphatic rings. The highest BCUT2D eigenvalue weighted by molar-refractivity contribution is 5.99. The van der Waals surface area contributed by atoms with Gasteiger partial charge in [0, 0.05) is 24.6 Å². The number of aliphatic hydroxyl groups is 1. The number of cyclic esters (lactones) is 1. The highest BCUT2D eigenvalue weighted by atomic mass is 16.5. The first kappa shape index (κ1) is 25.9. The number of carbonyl (C=O) groups is 4. The van der Waals surface area contributed by atoms with Gasteiger partial charge in [0.15, 0.2) is 0 Å². The van der Waals surface area contributed by atoms with Gasteiger partial charge in [-0.3, -0.25) is 19.2 Å². The number of hydrogen-bond acceptors (Lipinski definition) is 6. The number of esters is 1. The molecular formula is C26H31N3O6. The molecule has 0 fully saturated rings. The van der Waals surface area contributed by atoms with Crippen LogP contribution >= 0.6 is 0 Å². The number of ether oxygens (including phenoxy) is 1. The Morgan fingerprint density at radius 2 is 1.91 bits per heavy atom. The van der Waals surface area contributed by atoms with Gasteiger partial charge in [-0.15, -0.1) is 0 Å². The average molecular weight is 482 g/mol. The van der Waals surface area contributed by atoms with Crippen molar-refractivity contribution in [2.75, 3.05) is 18.5 Å². The van der Waals surface area contributed by atoms with Gasteiger partial charge >= 0.3 is 5.97 Å². The van der Waals surface area contributed by atoms with E-state index in [1.165, 1.54) is 0 Å². The molecule has 3 atom stereocenters. The van der Waals surface area contributed by atoms with Crippen molar-refractivity contribution < 1.29 is 29.0 Å². The zero-order valence-electron chi connectivity index (χ0n) is 19.7. The van der Waals surface area contributed by atoms with Crippen LogP contribution in [0.1, 0.15) is 32.6 Å². The molecule has 1 aliphatic heterocycles. The summed E-state index contributed by atoms with van der Waals surface area (Å²) in [7, 11) is 0. The molecule has 9 heteroatoms. The minimum absolute atomic E-state index is 0.112. The Morgan fingerprint density at radius 3 is 2.69 bits per heavy atom. The Kier molecular flexibility index (Phi) is 9.37. The van der Waals surface area contributed by atoms with Gasteiger partial charge in [0.1, 0.15) is 12.6 Å². The third-order valence-corrected chi connectivity index (χ3v) is 5.65. The van der Waals surface area contributed by atoms with Crippen molar-refractivity contribution in [1.29, 1.82) is 0 Å². The van der Waals surface area contributed by atoms with Gasteiger partial charge < -0.3 is 25.8 Å². The number of anilines is 1. The van der Waals surface area contributed by atoms with Gasteiger partial charge in [0.05, 0.1) is 12.5 Å². The van der Waals surface area contributed by atoms with Crippen LogP contribution in [0.25, 0.3) is 10.8 Å². The number of carbonyl (C=O) groups excluding carboxylic acids is 4. The average Bonchev–Trinajstić information content (AvgIpc) is 2.84. The molecule has 0 spiro atoms. The summed E-state index contributed by atoms with van der Waals surface area (Å²) in [6.07, 6.45) is 4.23. The maximum Gasteiger partial charge on any atom is 0.306 e. The van der Waals surface area contributed by atoms with Gasteiger partial charge in [0.25, 0.3) is 5.91 Å². The molecule has 1 heterocycles. The Bertz CT molecular complexity index is 1100. The van der Waals surface area contributed by atoms with E-state index in [-0.39, 0.29) is 38.4 Å². The van der Waals surface area contributed by atoms with Crippen LogP contribution < -0.4 is 16.0 Å². The normalized spacial score (nSPS) is 20.1. The molecule has 186 valence electrons. The van der Waals surface area contributed by atoms with E-state index in [4.69, 9.17) is 9.84 Å². The van der Waals surface area contributed by atoms with Gasteiger partial charge in [-0.2, -0.15) is 0 Å². The summed E-state index contributed by atoms with van der Waals surface area (Å²) < 4.78 is 5.23. The number of amides is 3. The summed E-state index contributed by atoms with van der Waals surface area (Å²) in [5, 5.41) is 19.2. The second-order valence-electron chi connectivity index (χ2n) is 8.59. The number of nitrogens with one attached hydrogen (secondary N) is 3. The monoisotopic (exact) mass is 481 g/mol. The van der Waals surface area contributed by atoms with E-state index >= 15 is 0 Å². The van der Waals surface area contributed by atoms with Crippen LogP contribution in [0.3, 0.4) is 0 Å². The zero-order valence-corrected chi connectivity index (χ0v) is 19.7. The summed E-state index contributed by atoms with van der Waals surface area (Å²) in [6.45, 7) is 1.11. The minimum atomic E-state index is -1.14. The van der Waals surface area contributed by atoms with E-state index < -0.39 is 35.8 Å². The van der Waals surface area contributed by atoms with Gasteiger partial charge in [-0.05, 0) is 42.7 Å². The van der Waals surface area contributed by atoms with Gasteiger partial charge in [0.2, 0.25) is 11.8 Å². The van der Waals surface area contributed by atoms with Crippen LogP contribution in [0.2, 0.25) is 0 Å². The highest BCUT2D eigenvalue weighted by Gasteiger charge is 2.28.